The zero-order valence-corrected chi connectivity index (χ0v) is 15.1. The monoisotopic (exact) mass is 391 g/mol. The SMILES string of the molecule is O=C(CSc1ncc(-c2ccccc2)[nH]1)Nc1ccc(SC(F)F)cc1. The second-order valence-electron chi connectivity index (χ2n) is 5.21. The number of thioether (sulfide) groups is 2. The van der Waals surface area contributed by atoms with Gasteiger partial charge in [-0.05, 0) is 29.8 Å². The number of nitrogens with one attached hydrogen (secondary N) is 2. The normalized spacial score (nSPS) is 10.9. The van der Waals surface area contributed by atoms with Crippen LogP contribution in [0.25, 0.3) is 11.3 Å². The van der Waals surface area contributed by atoms with E-state index in [0.717, 1.165) is 11.3 Å². The van der Waals surface area contributed by atoms with Gasteiger partial charge < -0.3 is 10.3 Å². The second kappa shape index (κ2) is 8.86. The maximum Gasteiger partial charge on any atom is 0.288 e. The topological polar surface area (TPSA) is 57.8 Å². The number of carbonyl (C=O) groups excluding carboxylic acids is 1. The minimum atomic E-state index is -2.46. The number of H-pyrrole nitrogens is 1. The number of carbonyl (C=O) groups is 1. The molecule has 0 bridgehead atoms. The molecule has 8 heteroatoms. The van der Waals surface area contributed by atoms with E-state index in [1.165, 1.54) is 11.8 Å². The lowest BCUT2D eigenvalue weighted by molar-refractivity contribution is -0.113. The summed E-state index contributed by atoms with van der Waals surface area (Å²) in [4.78, 5) is 19.9. The molecule has 2 N–H and O–H groups in total. The van der Waals surface area contributed by atoms with E-state index in [0.29, 0.717) is 27.5 Å². The van der Waals surface area contributed by atoms with Gasteiger partial charge in [0.1, 0.15) is 0 Å². The molecule has 0 aliphatic heterocycles. The molecule has 0 radical (unpaired) electrons. The fourth-order valence-corrected chi connectivity index (χ4v) is 3.34. The summed E-state index contributed by atoms with van der Waals surface area (Å²) in [5.41, 5.74) is 2.48. The van der Waals surface area contributed by atoms with E-state index in [2.05, 4.69) is 15.3 Å². The number of aromatic amines is 1. The van der Waals surface area contributed by atoms with Gasteiger partial charge in [0.2, 0.25) is 5.91 Å². The Hall–Kier alpha value is -2.32. The molecule has 3 aromatic rings. The van der Waals surface area contributed by atoms with Gasteiger partial charge >= 0.3 is 0 Å². The van der Waals surface area contributed by atoms with Crippen molar-refractivity contribution in [3.05, 3.63) is 60.8 Å². The Kier molecular flexibility index (Phi) is 6.30. The van der Waals surface area contributed by atoms with E-state index in [1.54, 1.807) is 30.5 Å². The number of halogens is 2. The average Bonchev–Trinajstić information content (AvgIpc) is 3.11. The Labute approximate surface area is 157 Å². The molecular weight excluding hydrogens is 376 g/mol. The van der Waals surface area contributed by atoms with Crippen LogP contribution in [-0.2, 0) is 4.79 Å². The number of alkyl halides is 2. The average molecular weight is 391 g/mol. The number of amides is 1. The molecule has 0 saturated heterocycles. The maximum absolute atomic E-state index is 12.3. The summed E-state index contributed by atoms with van der Waals surface area (Å²) in [6.07, 6.45) is 1.73. The molecule has 0 fully saturated rings. The highest BCUT2D eigenvalue weighted by molar-refractivity contribution is 8.00. The molecule has 0 atom stereocenters. The summed E-state index contributed by atoms with van der Waals surface area (Å²) in [5.74, 6) is -2.46. The molecule has 134 valence electrons. The van der Waals surface area contributed by atoms with Gasteiger partial charge in [-0.3, -0.25) is 4.79 Å². The van der Waals surface area contributed by atoms with Crippen LogP contribution in [0.15, 0.2) is 70.8 Å². The van der Waals surface area contributed by atoms with Gasteiger partial charge in [-0.1, -0.05) is 53.9 Å². The lowest BCUT2D eigenvalue weighted by Crippen LogP contribution is -2.14. The van der Waals surface area contributed by atoms with Crippen molar-refractivity contribution in [1.82, 2.24) is 9.97 Å². The highest BCUT2D eigenvalue weighted by Gasteiger charge is 2.09. The second-order valence-corrected chi connectivity index (χ2v) is 7.24. The third-order valence-corrected chi connectivity index (χ3v) is 4.95. The zero-order chi connectivity index (χ0) is 18.4. The van der Waals surface area contributed by atoms with Crippen LogP contribution in [0.2, 0.25) is 0 Å². The van der Waals surface area contributed by atoms with Crippen LogP contribution in [0.5, 0.6) is 0 Å². The van der Waals surface area contributed by atoms with E-state index < -0.39 is 5.76 Å². The largest absolute Gasteiger partial charge is 0.333 e. The van der Waals surface area contributed by atoms with Crippen LogP contribution in [0.3, 0.4) is 0 Å². The highest BCUT2D eigenvalue weighted by Crippen LogP contribution is 2.26. The van der Waals surface area contributed by atoms with Gasteiger partial charge in [-0.2, -0.15) is 8.78 Å². The summed E-state index contributed by atoms with van der Waals surface area (Å²) >= 11 is 1.76. The van der Waals surface area contributed by atoms with Crippen LogP contribution in [0, 0.1) is 0 Å². The summed E-state index contributed by atoms with van der Waals surface area (Å²) in [7, 11) is 0. The summed E-state index contributed by atoms with van der Waals surface area (Å²) in [5, 5.41) is 3.39. The van der Waals surface area contributed by atoms with Crippen molar-refractivity contribution < 1.29 is 13.6 Å². The van der Waals surface area contributed by atoms with Crippen LogP contribution in [-0.4, -0.2) is 27.4 Å². The van der Waals surface area contributed by atoms with Crippen LogP contribution >= 0.6 is 23.5 Å². The zero-order valence-electron chi connectivity index (χ0n) is 13.5. The van der Waals surface area contributed by atoms with Crippen molar-refractivity contribution in [1.29, 1.82) is 0 Å². The van der Waals surface area contributed by atoms with E-state index in [1.807, 2.05) is 30.3 Å². The fraction of sp³-hybridized carbons (Fsp3) is 0.111. The number of nitrogens with zero attached hydrogens (tertiary/aromatic N) is 1. The Morgan fingerprint density at radius 2 is 1.85 bits per heavy atom. The molecule has 0 aliphatic carbocycles. The molecule has 0 aliphatic rings. The van der Waals surface area contributed by atoms with Crippen molar-refractivity contribution in [3.8, 4) is 11.3 Å². The summed E-state index contributed by atoms with van der Waals surface area (Å²) in [6.45, 7) is 0. The van der Waals surface area contributed by atoms with E-state index in [4.69, 9.17) is 0 Å². The number of hydrogen-bond acceptors (Lipinski definition) is 4. The van der Waals surface area contributed by atoms with E-state index >= 15 is 0 Å². The van der Waals surface area contributed by atoms with Crippen LogP contribution in [0.1, 0.15) is 0 Å². The maximum atomic E-state index is 12.3. The molecule has 0 unspecified atom stereocenters. The first-order valence-electron chi connectivity index (χ1n) is 7.68. The predicted octanol–water partition coefficient (Wildman–Crippen LogP) is 5.12. The Bertz CT molecular complexity index is 854. The molecule has 2 aromatic carbocycles. The lowest BCUT2D eigenvalue weighted by Gasteiger charge is -2.05. The van der Waals surface area contributed by atoms with Crippen molar-refractivity contribution in [2.75, 3.05) is 11.1 Å². The highest BCUT2D eigenvalue weighted by atomic mass is 32.2. The third-order valence-electron chi connectivity index (χ3n) is 3.34. The summed E-state index contributed by atoms with van der Waals surface area (Å²) in [6, 6.07) is 16.1. The van der Waals surface area contributed by atoms with Gasteiger partial charge in [0.15, 0.2) is 5.16 Å². The van der Waals surface area contributed by atoms with Crippen molar-refractivity contribution in [2.45, 2.75) is 15.8 Å². The van der Waals surface area contributed by atoms with Gasteiger partial charge in [-0.25, -0.2) is 4.98 Å². The van der Waals surface area contributed by atoms with Gasteiger partial charge in [-0.15, -0.1) is 0 Å². The molecule has 1 aromatic heterocycles. The van der Waals surface area contributed by atoms with Crippen molar-refractivity contribution >= 4 is 35.1 Å². The Morgan fingerprint density at radius 3 is 2.54 bits per heavy atom. The molecule has 26 heavy (non-hydrogen) atoms. The van der Waals surface area contributed by atoms with Crippen molar-refractivity contribution in [3.63, 3.8) is 0 Å². The summed E-state index contributed by atoms with van der Waals surface area (Å²) < 4.78 is 24.6. The van der Waals surface area contributed by atoms with Crippen LogP contribution < -0.4 is 5.32 Å². The van der Waals surface area contributed by atoms with Crippen molar-refractivity contribution in [2.24, 2.45) is 0 Å². The lowest BCUT2D eigenvalue weighted by atomic mass is 10.2. The molecule has 4 nitrogen and oxygen atoms in total. The fourth-order valence-electron chi connectivity index (χ4n) is 2.19. The van der Waals surface area contributed by atoms with E-state index in [9.17, 15) is 13.6 Å². The number of rotatable bonds is 7. The number of hydrogen-bond donors (Lipinski definition) is 2. The molecular formula is C18H15F2N3OS2. The molecule has 3 rings (SSSR count). The minimum Gasteiger partial charge on any atom is -0.333 e. The Balaban J connectivity index is 1.50. The number of benzene rings is 2. The predicted molar refractivity (Wildman–Crippen MR) is 102 cm³/mol. The third kappa shape index (κ3) is 5.34. The first-order valence-corrected chi connectivity index (χ1v) is 9.54. The van der Waals surface area contributed by atoms with E-state index in [-0.39, 0.29) is 11.7 Å². The van der Waals surface area contributed by atoms with Gasteiger partial charge in [0.25, 0.3) is 5.76 Å². The van der Waals surface area contributed by atoms with Gasteiger partial charge in [0, 0.05) is 10.6 Å². The Morgan fingerprint density at radius 1 is 1.12 bits per heavy atom. The van der Waals surface area contributed by atoms with Crippen LogP contribution in [0.4, 0.5) is 14.5 Å². The van der Waals surface area contributed by atoms with Gasteiger partial charge in [0.05, 0.1) is 17.6 Å². The smallest absolute Gasteiger partial charge is 0.288 e. The molecule has 1 amide bonds. The quantitative estimate of drug-likeness (QED) is 0.549. The standard InChI is InChI=1S/C18H15F2N3OS2/c19-17(20)26-14-8-6-13(7-9-14)22-16(24)11-25-18-21-10-15(23-18)12-4-2-1-3-5-12/h1-10,17H,11H2,(H,21,23)(H,22,24). The minimum absolute atomic E-state index is 0.190. The number of aromatic nitrogens is 2. The number of anilines is 1. The first kappa shape index (κ1) is 18.5. The molecule has 0 spiro atoms. The first-order chi connectivity index (χ1) is 12.6. The molecule has 1 heterocycles. The number of imidazole rings is 1. The molecule has 0 saturated carbocycles.